The van der Waals surface area contributed by atoms with E-state index in [1.165, 1.54) is 13.0 Å². The van der Waals surface area contributed by atoms with Gasteiger partial charge in [0.2, 0.25) is 0 Å². The summed E-state index contributed by atoms with van der Waals surface area (Å²) < 4.78 is 4.61. The van der Waals surface area contributed by atoms with Gasteiger partial charge in [-0.3, -0.25) is 9.59 Å². The number of ether oxygens (including phenoxy) is 1. The van der Waals surface area contributed by atoms with Gasteiger partial charge in [0.05, 0.1) is 6.10 Å². The SMILES string of the molecule is CC(=O)OCC1=CC(O)CC1=O. The Hall–Kier alpha value is -1.16. The Bertz CT molecular complexity index is 241. The molecule has 0 aromatic rings. The highest BCUT2D eigenvalue weighted by molar-refractivity contribution is 5.98. The van der Waals surface area contributed by atoms with E-state index in [0.29, 0.717) is 5.57 Å². The number of aliphatic hydroxyl groups is 1. The molecule has 0 bridgehead atoms. The zero-order valence-corrected chi connectivity index (χ0v) is 6.74. The van der Waals surface area contributed by atoms with Crippen LogP contribution in [0.25, 0.3) is 0 Å². The molecule has 0 amide bonds. The minimum absolute atomic E-state index is 0.0226. The summed E-state index contributed by atoms with van der Waals surface area (Å²) in [6, 6.07) is 0. The van der Waals surface area contributed by atoms with Gasteiger partial charge >= 0.3 is 5.97 Å². The molecule has 0 saturated carbocycles. The third-order valence-corrected chi connectivity index (χ3v) is 1.58. The first-order valence-corrected chi connectivity index (χ1v) is 3.65. The van der Waals surface area contributed by atoms with Crippen molar-refractivity contribution in [2.75, 3.05) is 6.61 Å². The zero-order valence-electron chi connectivity index (χ0n) is 6.74. The van der Waals surface area contributed by atoms with Crippen molar-refractivity contribution in [2.45, 2.75) is 19.4 Å². The molecule has 0 fully saturated rings. The first kappa shape index (κ1) is 8.93. The number of ketones is 1. The maximum atomic E-state index is 11.0. The standard InChI is InChI=1S/C8H10O4/c1-5(9)12-4-6-2-7(10)3-8(6)11/h2,7,10H,3-4H2,1H3. The minimum atomic E-state index is -0.706. The van der Waals surface area contributed by atoms with Gasteiger partial charge in [0, 0.05) is 18.9 Å². The van der Waals surface area contributed by atoms with E-state index in [1.54, 1.807) is 0 Å². The van der Waals surface area contributed by atoms with Crippen LogP contribution < -0.4 is 0 Å². The number of rotatable bonds is 2. The van der Waals surface area contributed by atoms with Gasteiger partial charge in [-0.05, 0) is 6.08 Å². The predicted octanol–water partition coefficient (Wildman–Crippen LogP) is -0.190. The lowest BCUT2D eigenvalue weighted by Crippen LogP contribution is -2.08. The molecule has 0 spiro atoms. The van der Waals surface area contributed by atoms with Gasteiger partial charge in [0.1, 0.15) is 6.61 Å². The van der Waals surface area contributed by atoms with Crippen LogP contribution in [-0.4, -0.2) is 29.6 Å². The maximum Gasteiger partial charge on any atom is 0.302 e. The van der Waals surface area contributed by atoms with E-state index in [2.05, 4.69) is 4.74 Å². The Balaban J connectivity index is 2.47. The Morgan fingerprint density at radius 1 is 1.83 bits per heavy atom. The topological polar surface area (TPSA) is 63.6 Å². The van der Waals surface area contributed by atoms with Gasteiger partial charge in [0.25, 0.3) is 0 Å². The van der Waals surface area contributed by atoms with Crippen molar-refractivity contribution >= 4 is 11.8 Å². The van der Waals surface area contributed by atoms with E-state index in [1.807, 2.05) is 0 Å². The van der Waals surface area contributed by atoms with E-state index >= 15 is 0 Å². The summed E-state index contributed by atoms with van der Waals surface area (Å²) in [5, 5.41) is 9.00. The average Bonchev–Trinajstić information content (AvgIpc) is 2.26. The molecule has 0 aliphatic heterocycles. The number of carbonyl (C=O) groups is 2. The van der Waals surface area contributed by atoms with Crippen LogP contribution in [0.4, 0.5) is 0 Å². The fourth-order valence-corrected chi connectivity index (χ4v) is 1.01. The van der Waals surface area contributed by atoms with Gasteiger partial charge in [0.15, 0.2) is 5.78 Å². The summed E-state index contributed by atoms with van der Waals surface area (Å²) in [6.45, 7) is 1.25. The molecule has 0 heterocycles. The monoisotopic (exact) mass is 170 g/mol. The van der Waals surface area contributed by atoms with Gasteiger partial charge in [-0.15, -0.1) is 0 Å². The second-order valence-electron chi connectivity index (χ2n) is 2.67. The number of esters is 1. The smallest absolute Gasteiger partial charge is 0.302 e. The average molecular weight is 170 g/mol. The third kappa shape index (κ3) is 2.17. The van der Waals surface area contributed by atoms with Crippen LogP contribution in [0.5, 0.6) is 0 Å². The first-order valence-electron chi connectivity index (χ1n) is 3.65. The van der Waals surface area contributed by atoms with Crippen LogP contribution in [0.15, 0.2) is 11.6 Å². The molecule has 12 heavy (non-hydrogen) atoms. The van der Waals surface area contributed by atoms with Crippen LogP contribution in [0.3, 0.4) is 0 Å². The normalized spacial score (nSPS) is 22.3. The van der Waals surface area contributed by atoms with Crippen LogP contribution >= 0.6 is 0 Å². The Labute approximate surface area is 69.8 Å². The Morgan fingerprint density at radius 3 is 2.92 bits per heavy atom. The molecule has 1 aliphatic rings. The van der Waals surface area contributed by atoms with Gasteiger partial charge in [-0.2, -0.15) is 0 Å². The molecule has 4 nitrogen and oxygen atoms in total. The predicted molar refractivity (Wildman–Crippen MR) is 40.3 cm³/mol. The van der Waals surface area contributed by atoms with Crippen LogP contribution in [0, 0.1) is 0 Å². The van der Waals surface area contributed by atoms with Crippen molar-refractivity contribution in [2.24, 2.45) is 0 Å². The van der Waals surface area contributed by atoms with Crippen LogP contribution in [0.1, 0.15) is 13.3 Å². The van der Waals surface area contributed by atoms with E-state index in [9.17, 15) is 9.59 Å². The molecule has 4 heteroatoms. The summed E-state index contributed by atoms with van der Waals surface area (Å²) in [5.41, 5.74) is 0.387. The molecule has 0 aromatic carbocycles. The first-order chi connectivity index (χ1) is 5.59. The summed E-state index contributed by atoms with van der Waals surface area (Å²) in [4.78, 5) is 21.3. The van der Waals surface area contributed by atoms with E-state index in [0.717, 1.165) is 0 Å². The fourth-order valence-electron chi connectivity index (χ4n) is 1.01. The maximum absolute atomic E-state index is 11.0. The zero-order chi connectivity index (χ0) is 9.14. The van der Waals surface area contributed by atoms with Gasteiger partial charge in [-0.1, -0.05) is 0 Å². The molecule has 1 atom stereocenters. The lowest BCUT2D eigenvalue weighted by atomic mass is 10.2. The number of aliphatic hydroxyl groups excluding tert-OH is 1. The molecule has 0 radical (unpaired) electrons. The summed E-state index contributed by atoms with van der Waals surface area (Å²) in [5.74, 6) is -0.575. The highest BCUT2D eigenvalue weighted by Crippen LogP contribution is 2.14. The van der Waals surface area contributed by atoms with Crippen molar-refractivity contribution in [3.63, 3.8) is 0 Å². The fraction of sp³-hybridized carbons (Fsp3) is 0.500. The summed E-state index contributed by atoms with van der Waals surface area (Å²) in [6.07, 6.45) is 0.824. The van der Waals surface area contributed by atoms with Crippen molar-refractivity contribution in [1.82, 2.24) is 0 Å². The highest BCUT2D eigenvalue weighted by atomic mass is 16.5. The largest absolute Gasteiger partial charge is 0.461 e. The minimum Gasteiger partial charge on any atom is -0.461 e. The van der Waals surface area contributed by atoms with E-state index in [4.69, 9.17) is 5.11 Å². The molecule has 1 N–H and O–H groups in total. The van der Waals surface area contributed by atoms with Crippen molar-refractivity contribution < 1.29 is 19.4 Å². The molecule has 1 rings (SSSR count). The highest BCUT2D eigenvalue weighted by Gasteiger charge is 2.22. The van der Waals surface area contributed by atoms with Crippen molar-refractivity contribution in [1.29, 1.82) is 0 Å². The third-order valence-electron chi connectivity index (χ3n) is 1.58. The molecule has 1 aliphatic carbocycles. The molecular formula is C8H10O4. The Morgan fingerprint density at radius 2 is 2.50 bits per heavy atom. The second-order valence-corrected chi connectivity index (χ2v) is 2.67. The number of hydrogen-bond donors (Lipinski definition) is 1. The van der Waals surface area contributed by atoms with Crippen LogP contribution in [0.2, 0.25) is 0 Å². The molecule has 0 saturated heterocycles. The van der Waals surface area contributed by atoms with Crippen molar-refractivity contribution in [3.05, 3.63) is 11.6 Å². The number of carbonyl (C=O) groups excluding carboxylic acids is 2. The van der Waals surface area contributed by atoms with Crippen molar-refractivity contribution in [3.8, 4) is 0 Å². The lowest BCUT2D eigenvalue weighted by Gasteiger charge is -1.99. The second kappa shape index (κ2) is 3.49. The van der Waals surface area contributed by atoms with Crippen LogP contribution in [-0.2, 0) is 14.3 Å². The number of hydrogen-bond acceptors (Lipinski definition) is 4. The molecular weight excluding hydrogens is 160 g/mol. The van der Waals surface area contributed by atoms with Gasteiger partial charge < -0.3 is 9.84 Å². The molecule has 1 unspecified atom stereocenters. The molecule has 66 valence electrons. The lowest BCUT2D eigenvalue weighted by molar-refractivity contribution is -0.140. The summed E-state index contributed by atoms with van der Waals surface area (Å²) in [7, 11) is 0. The van der Waals surface area contributed by atoms with Gasteiger partial charge in [-0.25, -0.2) is 0 Å². The summed E-state index contributed by atoms with van der Waals surface area (Å²) >= 11 is 0. The Kier molecular flexibility index (Phi) is 2.60. The van der Waals surface area contributed by atoms with E-state index in [-0.39, 0.29) is 18.8 Å². The molecule has 0 aromatic heterocycles. The quantitative estimate of drug-likeness (QED) is 0.583. The van der Waals surface area contributed by atoms with E-state index < -0.39 is 12.1 Å². The number of Topliss-reactive ketones (excluding diaryl/α,β-unsaturated/α-hetero) is 1.